The third-order valence-electron chi connectivity index (χ3n) is 4.90. The number of amides is 1. The number of benzene rings is 1. The van der Waals surface area contributed by atoms with Gasteiger partial charge in [-0.1, -0.05) is 12.2 Å². The second-order valence-corrected chi connectivity index (χ2v) is 6.44. The van der Waals surface area contributed by atoms with E-state index in [9.17, 15) is 4.79 Å². The summed E-state index contributed by atoms with van der Waals surface area (Å²) in [5.74, 6) is 0.551. The molecule has 3 aromatic rings. The number of hydrogen-bond acceptors (Lipinski definition) is 4. The first-order valence-corrected chi connectivity index (χ1v) is 8.38. The Morgan fingerprint density at radius 3 is 3.20 bits per heavy atom. The zero-order valence-corrected chi connectivity index (χ0v) is 13.5. The number of aromatic nitrogens is 2. The third kappa shape index (κ3) is 2.37. The van der Waals surface area contributed by atoms with Crippen molar-refractivity contribution in [2.24, 2.45) is 0 Å². The Bertz CT molecular complexity index is 994. The van der Waals surface area contributed by atoms with Crippen LogP contribution in [0.25, 0.3) is 16.3 Å². The molecule has 6 nitrogen and oxygen atoms in total. The minimum Gasteiger partial charge on any atom is -0.410 e. The highest BCUT2D eigenvalue weighted by atomic mass is 16.6. The molecule has 126 valence electrons. The number of carbonyl (C=O) groups excluding carboxylic acids is 1. The van der Waals surface area contributed by atoms with Crippen molar-refractivity contribution < 1.29 is 14.3 Å². The van der Waals surface area contributed by atoms with E-state index in [0.717, 1.165) is 22.7 Å². The fourth-order valence-electron chi connectivity index (χ4n) is 3.70. The van der Waals surface area contributed by atoms with Crippen molar-refractivity contribution in [1.29, 1.82) is 0 Å². The molecular weight excluding hydrogens is 318 g/mol. The molecule has 1 amide bonds. The molecule has 2 aliphatic rings. The van der Waals surface area contributed by atoms with Crippen LogP contribution in [0.5, 0.6) is 5.75 Å². The van der Waals surface area contributed by atoms with Gasteiger partial charge in [-0.3, -0.25) is 9.88 Å². The van der Waals surface area contributed by atoms with Gasteiger partial charge in [0.15, 0.2) is 0 Å². The molecule has 0 radical (unpaired) electrons. The largest absolute Gasteiger partial charge is 0.416 e. The molecule has 0 N–H and O–H groups in total. The Morgan fingerprint density at radius 2 is 2.28 bits per heavy atom. The number of morpholine rings is 1. The number of ether oxygens (including phenoxy) is 2. The minimum atomic E-state index is -0.313. The molecule has 0 aliphatic carbocycles. The molecule has 25 heavy (non-hydrogen) atoms. The maximum Gasteiger partial charge on any atom is 0.416 e. The molecule has 2 aromatic heterocycles. The van der Waals surface area contributed by atoms with Crippen molar-refractivity contribution in [2.45, 2.75) is 18.5 Å². The smallest absolute Gasteiger partial charge is 0.410 e. The summed E-state index contributed by atoms with van der Waals surface area (Å²) in [5.41, 5.74) is 1.03. The summed E-state index contributed by atoms with van der Waals surface area (Å²) in [6, 6.07) is 5.72. The highest BCUT2D eigenvalue weighted by Crippen LogP contribution is 2.28. The van der Waals surface area contributed by atoms with E-state index in [1.807, 2.05) is 47.3 Å². The quantitative estimate of drug-likeness (QED) is 0.642. The molecule has 0 spiro atoms. The summed E-state index contributed by atoms with van der Waals surface area (Å²) in [6.45, 7) is 1.09. The topological polar surface area (TPSA) is 56.1 Å². The van der Waals surface area contributed by atoms with E-state index in [-0.39, 0.29) is 18.2 Å². The summed E-state index contributed by atoms with van der Waals surface area (Å²) >= 11 is 0. The molecule has 2 atom stereocenters. The normalized spacial score (nSPS) is 22.5. The van der Waals surface area contributed by atoms with Gasteiger partial charge in [0, 0.05) is 29.4 Å². The molecule has 6 heteroatoms. The van der Waals surface area contributed by atoms with Gasteiger partial charge < -0.3 is 13.9 Å². The fourth-order valence-corrected chi connectivity index (χ4v) is 3.70. The van der Waals surface area contributed by atoms with Crippen molar-refractivity contribution in [3.63, 3.8) is 0 Å². The zero-order valence-electron chi connectivity index (χ0n) is 13.5. The molecule has 1 fully saturated rings. The molecule has 1 aromatic carbocycles. The van der Waals surface area contributed by atoms with Crippen LogP contribution in [0.1, 0.15) is 6.42 Å². The van der Waals surface area contributed by atoms with Gasteiger partial charge in [-0.05, 0) is 24.6 Å². The van der Waals surface area contributed by atoms with Gasteiger partial charge in [-0.25, -0.2) is 4.79 Å². The summed E-state index contributed by atoms with van der Waals surface area (Å²) < 4.78 is 13.2. The van der Waals surface area contributed by atoms with E-state index in [1.165, 1.54) is 0 Å². The van der Waals surface area contributed by atoms with Crippen LogP contribution in [0, 0.1) is 0 Å². The fraction of sp³-hybridized carbons (Fsp3) is 0.263. The molecule has 2 unspecified atom stereocenters. The van der Waals surface area contributed by atoms with E-state index in [1.54, 1.807) is 11.1 Å². The molecule has 2 aliphatic heterocycles. The van der Waals surface area contributed by atoms with Crippen LogP contribution in [0.4, 0.5) is 4.79 Å². The number of hydrogen-bond donors (Lipinski definition) is 0. The van der Waals surface area contributed by atoms with Crippen LogP contribution < -0.4 is 4.74 Å². The van der Waals surface area contributed by atoms with Gasteiger partial charge in [-0.15, -0.1) is 0 Å². The number of nitrogens with zero attached hydrogens (tertiary/aromatic N) is 3. The monoisotopic (exact) mass is 335 g/mol. The highest BCUT2D eigenvalue weighted by Gasteiger charge is 2.36. The lowest BCUT2D eigenvalue weighted by Crippen LogP contribution is -2.56. The van der Waals surface area contributed by atoms with Crippen molar-refractivity contribution in [1.82, 2.24) is 14.3 Å². The first-order chi connectivity index (χ1) is 12.3. The SMILES string of the molecule is O=C(Oc1ccc2c(c1)cn1ccncc21)N1C2C=CCC1COC2. The van der Waals surface area contributed by atoms with Crippen LogP contribution in [-0.4, -0.2) is 45.7 Å². The third-order valence-corrected chi connectivity index (χ3v) is 4.90. The second-order valence-electron chi connectivity index (χ2n) is 6.44. The van der Waals surface area contributed by atoms with Gasteiger partial charge in [0.25, 0.3) is 0 Å². The van der Waals surface area contributed by atoms with Gasteiger partial charge in [0.1, 0.15) is 5.75 Å². The van der Waals surface area contributed by atoms with Crippen LogP contribution in [-0.2, 0) is 4.74 Å². The lowest BCUT2D eigenvalue weighted by molar-refractivity contribution is -0.0247. The maximum atomic E-state index is 12.7. The first-order valence-electron chi connectivity index (χ1n) is 8.38. The average Bonchev–Trinajstić information content (AvgIpc) is 2.98. The Hall–Kier alpha value is -2.86. The minimum absolute atomic E-state index is 0.0353. The van der Waals surface area contributed by atoms with Crippen LogP contribution in [0.15, 0.2) is 55.1 Å². The summed E-state index contributed by atoms with van der Waals surface area (Å²) in [6.07, 6.45) is 12.1. The standard InChI is InChI=1S/C19H17N3O3/c23-19(22-14-2-1-3-15(22)12-24-11-14)25-16-4-5-17-13(8-16)10-21-7-6-20-9-18(17)21/h1-2,4-10,14-15H,3,11-12H2. The summed E-state index contributed by atoms with van der Waals surface area (Å²) in [4.78, 5) is 18.7. The Kier molecular flexibility index (Phi) is 3.24. The van der Waals surface area contributed by atoms with Crippen molar-refractivity contribution in [2.75, 3.05) is 13.2 Å². The van der Waals surface area contributed by atoms with Crippen LogP contribution in [0.2, 0.25) is 0 Å². The highest BCUT2D eigenvalue weighted by molar-refractivity contribution is 5.97. The Morgan fingerprint density at radius 1 is 1.32 bits per heavy atom. The molecule has 2 bridgehead atoms. The number of fused-ring (bicyclic) bond motifs is 5. The Labute approximate surface area is 144 Å². The van der Waals surface area contributed by atoms with Gasteiger partial charge in [0.05, 0.1) is 37.0 Å². The Balaban J connectivity index is 1.44. The molecule has 0 saturated carbocycles. The van der Waals surface area contributed by atoms with Crippen molar-refractivity contribution in [3.05, 3.63) is 55.1 Å². The number of carbonyl (C=O) groups is 1. The van der Waals surface area contributed by atoms with Crippen LogP contribution in [0.3, 0.4) is 0 Å². The predicted octanol–water partition coefficient (Wildman–Crippen LogP) is 3.02. The van der Waals surface area contributed by atoms with E-state index in [4.69, 9.17) is 9.47 Å². The van der Waals surface area contributed by atoms with Gasteiger partial charge in [-0.2, -0.15) is 0 Å². The average molecular weight is 335 g/mol. The van der Waals surface area contributed by atoms with E-state index >= 15 is 0 Å². The van der Waals surface area contributed by atoms with E-state index in [2.05, 4.69) is 11.1 Å². The van der Waals surface area contributed by atoms with E-state index < -0.39 is 0 Å². The van der Waals surface area contributed by atoms with Gasteiger partial charge in [0.2, 0.25) is 0 Å². The van der Waals surface area contributed by atoms with Gasteiger partial charge >= 0.3 is 6.09 Å². The van der Waals surface area contributed by atoms with Crippen molar-refractivity contribution >= 4 is 22.4 Å². The lowest BCUT2D eigenvalue weighted by Gasteiger charge is -2.41. The summed E-state index contributed by atoms with van der Waals surface area (Å²) in [5, 5.41) is 2.10. The lowest BCUT2D eigenvalue weighted by atomic mass is 10.0. The second kappa shape index (κ2) is 5.60. The molecule has 5 rings (SSSR count). The zero-order chi connectivity index (χ0) is 16.8. The summed E-state index contributed by atoms with van der Waals surface area (Å²) in [7, 11) is 0. The maximum absolute atomic E-state index is 12.7. The predicted molar refractivity (Wildman–Crippen MR) is 92.7 cm³/mol. The molecule has 1 saturated heterocycles. The van der Waals surface area contributed by atoms with Crippen molar-refractivity contribution in [3.8, 4) is 5.75 Å². The van der Waals surface area contributed by atoms with Crippen LogP contribution >= 0.6 is 0 Å². The first kappa shape index (κ1) is 14.5. The molecule has 4 heterocycles. The van der Waals surface area contributed by atoms with E-state index in [0.29, 0.717) is 19.0 Å². The molecular formula is C19H17N3O3. The number of rotatable bonds is 1.